The Labute approximate surface area is 109 Å². The van der Waals surface area contributed by atoms with Crippen LogP contribution in [0.15, 0.2) is 44.8 Å². The predicted octanol–water partition coefficient (Wildman–Crippen LogP) is 4.15. The lowest BCUT2D eigenvalue weighted by Crippen LogP contribution is -2.11. The van der Waals surface area contributed by atoms with Gasteiger partial charge in [0.1, 0.15) is 5.82 Å². The van der Waals surface area contributed by atoms with Crippen molar-refractivity contribution in [2.24, 2.45) is 0 Å². The summed E-state index contributed by atoms with van der Waals surface area (Å²) in [6.07, 6.45) is 0. The Hall–Kier alpha value is -0.840. The van der Waals surface area contributed by atoms with Crippen molar-refractivity contribution in [2.75, 3.05) is 6.54 Å². The van der Waals surface area contributed by atoms with E-state index in [9.17, 15) is 4.39 Å². The molecule has 4 heteroatoms. The van der Waals surface area contributed by atoms with Gasteiger partial charge in [0, 0.05) is 11.4 Å². The Balaban J connectivity index is 2.09. The van der Waals surface area contributed by atoms with E-state index in [-0.39, 0.29) is 5.82 Å². The van der Waals surface area contributed by atoms with Crippen LogP contribution in [0.4, 0.5) is 4.39 Å². The van der Waals surface area contributed by atoms with Crippen molar-refractivity contribution in [1.82, 2.24) is 5.32 Å². The monoisotopic (exact) mass is 267 g/mol. The van der Waals surface area contributed by atoms with Gasteiger partial charge in [-0.05, 0) is 35.7 Å². The van der Waals surface area contributed by atoms with Crippen LogP contribution < -0.4 is 5.32 Å². The van der Waals surface area contributed by atoms with E-state index in [4.69, 9.17) is 0 Å². The molecule has 90 valence electrons. The quantitative estimate of drug-likeness (QED) is 0.873. The van der Waals surface area contributed by atoms with Crippen molar-refractivity contribution in [3.63, 3.8) is 0 Å². The minimum Gasteiger partial charge on any atom is -0.313 e. The van der Waals surface area contributed by atoms with E-state index in [1.165, 1.54) is 11.8 Å². The lowest BCUT2D eigenvalue weighted by molar-refractivity contribution is 0.596. The second kappa shape index (κ2) is 6.19. The second-order valence-corrected chi connectivity index (χ2v) is 5.87. The zero-order valence-corrected chi connectivity index (χ0v) is 11.2. The largest absolute Gasteiger partial charge is 0.313 e. The smallest absolute Gasteiger partial charge is 0.137 e. The molecule has 1 N–H and O–H groups in total. The molecule has 0 atom stereocenters. The van der Waals surface area contributed by atoms with E-state index in [0.717, 1.165) is 22.9 Å². The first-order valence-electron chi connectivity index (χ1n) is 5.50. The van der Waals surface area contributed by atoms with Crippen LogP contribution in [0, 0.1) is 5.82 Å². The lowest BCUT2D eigenvalue weighted by atomic mass is 10.2. The first kappa shape index (κ1) is 12.6. The van der Waals surface area contributed by atoms with Crippen LogP contribution in [0.1, 0.15) is 12.5 Å². The third-order valence-electron chi connectivity index (χ3n) is 2.28. The average Bonchev–Trinajstić information content (AvgIpc) is 2.82. The molecular weight excluding hydrogens is 253 g/mol. The second-order valence-electron chi connectivity index (χ2n) is 3.58. The predicted molar refractivity (Wildman–Crippen MR) is 72.2 cm³/mol. The molecule has 17 heavy (non-hydrogen) atoms. The van der Waals surface area contributed by atoms with Gasteiger partial charge in [-0.15, -0.1) is 11.3 Å². The molecule has 0 saturated heterocycles. The van der Waals surface area contributed by atoms with Crippen LogP contribution in [0.2, 0.25) is 0 Å². The highest BCUT2D eigenvalue weighted by atomic mass is 32.2. The zero-order valence-electron chi connectivity index (χ0n) is 9.57. The molecule has 2 aromatic rings. The molecule has 0 aliphatic rings. The zero-order chi connectivity index (χ0) is 12.1. The maximum Gasteiger partial charge on any atom is 0.137 e. The van der Waals surface area contributed by atoms with E-state index < -0.39 is 0 Å². The number of rotatable bonds is 5. The third-order valence-corrected chi connectivity index (χ3v) is 4.37. The molecule has 1 nitrogen and oxygen atoms in total. The summed E-state index contributed by atoms with van der Waals surface area (Å²) in [5.41, 5.74) is 0.986. The van der Waals surface area contributed by atoms with Crippen LogP contribution in [-0.4, -0.2) is 6.54 Å². The van der Waals surface area contributed by atoms with Gasteiger partial charge in [0.2, 0.25) is 0 Å². The van der Waals surface area contributed by atoms with Crippen molar-refractivity contribution in [1.29, 1.82) is 0 Å². The molecule has 0 bridgehead atoms. The number of thiophene rings is 1. The van der Waals surface area contributed by atoms with Crippen LogP contribution in [0.25, 0.3) is 0 Å². The van der Waals surface area contributed by atoms with E-state index in [2.05, 4.69) is 5.32 Å². The van der Waals surface area contributed by atoms with Crippen molar-refractivity contribution in [3.05, 3.63) is 47.1 Å². The number of benzene rings is 1. The van der Waals surface area contributed by atoms with Crippen molar-refractivity contribution in [2.45, 2.75) is 22.6 Å². The van der Waals surface area contributed by atoms with Crippen molar-refractivity contribution < 1.29 is 4.39 Å². The Morgan fingerprint density at radius 1 is 1.35 bits per heavy atom. The molecule has 0 fully saturated rings. The van der Waals surface area contributed by atoms with Crippen LogP contribution in [-0.2, 0) is 6.54 Å². The summed E-state index contributed by atoms with van der Waals surface area (Å²) in [4.78, 5) is 0.688. The fourth-order valence-electron chi connectivity index (χ4n) is 1.44. The SMILES string of the molecule is CCNCc1ccc(Sc2cccs2)c(F)c1. The average molecular weight is 267 g/mol. The molecule has 0 aliphatic carbocycles. The summed E-state index contributed by atoms with van der Waals surface area (Å²) in [7, 11) is 0. The highest BCUT2D eigenvalue weighted by Gasteiger charge is 2.06. The molecule has 0 spiro atoms. The molecule has 1 aromatic heterocycles. The molecule has 1 heterocycles. The highest BCUT2D eigenvalue weighted by molar-refractivity contribution is 8.01. The topological polar surface area (TPSA) is 12.0 Å². The molecular formula is C13H14FNS2. The van der Waals surface area contributed by atoms with Gasteiger partial charge in [-0.3, -0.25) is 0 Å². The molecule has 0 saturated carbocycles. The number of hydrogen-bond donors (Lipinski definition) is 1. The fraction of sp³-hybridized carbons (Fsp3) is 0.231. The maximum absolute atomic E-state index is 13.8. The Bertz CT molecular complexity index is 468. The standard InChI is InChI=1S/C13H14FNS2/c1-2-15-9-10-5-6-12(11(14)8-10)17-13-4-3-7-16-13/h3-8,15H,2,9H2,1H3. The van der Waals surface area contributed by atoms with Gasteiger partial charge in [0.15, 0.2) is 0 Å². The van der Waals surface area contributed by atoms with E-state index in [0.29, 0.717) is 4.90 Å². The molecule has 2 rings (SSSR count). The normalized spacial score (nSPS) is 10.7. The van der Waals surface area contributed by atoms with E-state index >= 15 is 0 Å². The van der Waals surface area contributed by atoms with Crippen LogP contribution in [0.5, 0.6) is 0 Å². The van der Waals surface area contributed by atoms with E-state index in [1.807, 2.05) is 36.6 Å². The van der Waals surface area contributed by atoms with Crippen molar-refractivity contribution in [3.8, 4) is 0 Å². The molecule has 0 radical (unpaired) electrons. The van der Waals surface area contributed by atoms with Gasteiger partial charge in [-0.1, -0.05) is 30.8 Å². The van der Waals surface area contributed by atoms with Gasteiger partial charge in [-0.25, -0.2) is 4.39 Å². The Morgan fingerprint density at radius 2 is 2.24 bits per heavy atom. The summed E-state index contributed by atoms with van der Waals surface area (Å²) < 4.78 is 14.9. The van der Waals surface area contributed by atoms with Crippen LogP contribution in [0.3, 0.4) is 0 Å². The van der Waals surface area contributed by atoms with Crippen LogP contribution >= 0.6 is 23.1 Å². The maximum atomic E-state index is 13.8. The number of nitrogens with one attached hydrogen (secondary N) is 1. The summed E-state index contributed by atoms with van der Waals surface area (Å²) in [6.45, 7) is 3.65. The first-order valence-corrected chi connectivity index (χ1v) is 7.19. The first-order chi connectivity index (χ1) is 8.29. The summed E-state index contributed by atoms with van der Waals surface area (Å²) in [6, 6.07) is 9.42. The van der Waals surface area contributed by atoms with Gasteiger partial charge in [-0.2, -0.15) is 0 Å². The molecule has 1 aromatic carbocycles. The number of hydrogen-bond acceptors (Lipinski definition) is 3. The summed E-state index contributed by atoms with van der Waals surface area (Å²) in [5.74, 6) is -0.140. The van der Waals surface area contributed by atoms with Gasteiger partial charge < -0.3 is 5.32 Å². The fourth-order valence-corrected chi connectivity index (χ4v) is 3.17. The molecule has 0 aliphatic heterocycles. The minimum atomic E-state index is -0.140. The summed E-state index contributed by atoms with van der Waals surface area (Å²) >= 11 is 3.11. The Morgan fingerprint density at radius 3 is 2.88 bits per heavy atom. The van der Waals surface area contributed by atoms with Gasteiger partial charge in [0.25, 0.3) is 0 Å². The highest BCUT2D eigenvalue weighted by Crippen LogP contribution is 2.33. The Kier molecular flexibility index (Phi) is 4.59. The van der Waals surface area contributed by atoms with Gasteiger partial charge >= 0.3 is 0 Å². The van der Waals surface area contributed by atoms with E-state index in [1.54, 1.807) is 17.4 Å². The molecule has 0 amide bonds. The lowest BCUT2D eigenvalue weighted by Gasteiger charge is -2.05. The molecule has 0 unspecified atom stereocenters. The van der Waals surface area contributed by atoms with Crippen molar-refractivity contribution >= 4 is 23.1 Å². The number of halogens is 1. The van der Waals surface area contributed by atoms with Gasteiger partial charge in [0.05, 0.1) is 4.21 Å². The minimum absolute atomic E-state index is 0.140. The third kappa shape index (κ3) is 3.56. The summed E-state index contributed by atoms with van der Waals surface area (Å²) in [5, 5.41) is 5.19.